The topological polar surface area (TPSA) is 64.4 Å². The number of hydrogen-bond acceptors (Lipinski definition) is 5. The summed E-state index contributed by atoms with van der Waals surface area (Å²) in [4.78, 5) is 10.8. The molecule has 0 aromatic heterocycles. The van der Waals surface area contributed by atoms with Crippen molar-refractivity contribution in [3.05, 3.63) is 39.4 Å². The molecule has 1 heterocycles. The molecule has 1 saturated heterocycles. The van der Waals surface area contributed by atoms with E-state index in [1.165, 1.54) is 0 Å². The molecule has 0 aliphatic carbocycles. The summed E-state index contributed by atoms with van der Waals surface area (Å²) < 4.78 is 5.72. The average Bonchev–Trinajstić information content (AvgIpc) is 2.54. The molecule has 1 unspecified atom stereocenters. The van der Waals surface area contributed by atoms with E-state index in [1.54, 1.807) is 13.0 Å². The molecule has 1 N–H and O–H groups in total. The number of nitro benzene ring substituents is 1. The van der Waals surface area contributed by atoms with Crippen LogP contribution in [0.25, 0.3) is 0 Å². The Bertz CT molecular complexity index is 539. The van der Waals surface area contributed by atoms with Gasteiger partial charge in [0.25, 0.3) is 5.69 Å². The van der Waals surface area contributed by atoms with Crippen molar-refractivity contribution in [2.75, 3.05) is 25.5 Å². The molecule has 0 spiro atoms. The third-order valence-corrected chi connectivity index (χ3v) is 5.97. The minimum absolute atomic E-state index is 0.0893. The maximum atomic E-state index is 11.1. The molecule has 0 radical (unpaired) electrons. The zero-order chi connectivity index (χ0) is 16.9. The van der Waals surface area contributed by atoms with Gasteiger partial charge in [-0.2, -0.15) is 11.8 Å². The molecule has 1 aliphatic rings. The third-order valence-electron chi connectivity index (χ3n) is 4.51. The molecule has 1 aromatic rings. The monoisotopic (exact) mass is 338 g/mol. The summed E-state index contributed by atoms with van der Waals surface area (Å²) in [6, 6.07) is 5.59. The second-order valence-corrected chi connectivity index (χ2v) is 7.87. The van der Waals surface area contributed by atoms with Crippen molar-refractivity contribution >= 4 is 17.4 Å². The third kappa shape index (κ3) is 4.68. The van der Waals surface area contributed by atoms with Crippen LogP contribution in [0.1, 0.15) is 43.9 Å². The maximum absolute atomic E-state index is 11.1. The summed E-state index contributed by atoms with van der Waals surface area (Å²) in [5.74, 6) is 1.09. The van der Waals surface area contributed by atoms with Crippen molar-refractivity contribution in [2.45, 2.75) is 44.4 Å². The number of ether oxygens (including phenoxy) is 1. The van der Waals surface area contributed by atoms with E-state index >= 15 is 0 Å². The fourth-order valence-electron chi connectivity index (χ4n) is 2.97. The van der Waals surface area contributed by atoms with E-state index in [0.717, 1.165) is 43.9 Å². The predicted molar refractivity (Wildman–Crippen MR) is 95.2 cm³/mol. The van der Waals surface area contributed by atoms with Crippen LogP contribution in [0.3, 0.4) is 0 Å². The highest BCUT2D eigenvalue weighted by molar-refractivity contribution is 8.00. The molecular formula is C17H26N2O3S. The number of benzene rings is 1. The summed E-state index contributed by atoms with van der Waals surface area (Å²) in [7, 11) is 0. The van der Waals surface area contributed by atoms with Gasteiger partial charge >= 0.3 is 0 Å². The highest BCUT2D eigenvalue weighted by Crippen LogP contribution is 2.35. The van der Waals surface area contributed by atoms with Crippen molar-refractivity contribution in [1.29, 1.82) is 0 Å². The number of thioether (sulfide) groups is 1. The number of nitro groups is 1. The van der Waals surface area contributed by atoms with Crippen molar-refractivity contribution < 1.29 is 9.66 Å². The second kappa shape index (κ2) is 8.13. The van der Waals surface area contributed by atoms with E-state index in [9.17, 15) is 10.1 Å². The highest BCUT2D eigenvalue weighted by atomic mass is 32.2. The van der Waals surface area contributed by atoms with Gasteiger partial charge in [-0.1, -0.05) is 19.1 Å². The van der Waals surface area contributed by atoms with E-state index in [2.05, 4.69) is 19.2 Å². The zero-order valence-electron chi connectivity index (χ0n) is 14.1. The predicted octanol–water partition coefficient (Wildman–Crippen LogP) is 3.86. The minimum atomic E-state index is -0.307. The van der Waals surface area contributed by atoms with Crippen LogP contribution in [0.2, 0.25) is 0 Å². The Morgan fingerprint density at radius 3 is 2.74 bits per heavy atom. The molecule has 5 nitrogen and oxygen atoms in total. The molecule has 6 heteroatoms. The Hall–Kier alpha value is -1.11. The molecule has 1 aliphatic heterocycles. The Balaban J connectivity index is 2.04. The van der Waals surface area contributed by atoms with E-state index in [0.29, 0.717) is 5.56 Å². The molecule has 2 rings (SSSR count). The Morgan fingerprint density at radius 1 is 1.43 bits per heavy atom. The summed E-state index contributed by atoms with van der Waals surface area (Å²) in [6.07, 6.45) is 2.11. The fourth-order valence-corrected chi connectivity index (χ4v) is 4.22. The van der Waals surface area contributed by atoms with Crippen LogP contribution in [0.4, 0.5) is 5.69 Å². The minimum Gasteiger partial charge on any atom is -0.381 e. The van der Waals surface area contributed by atoms with Crippen LogP contribution in [-0.2, 0) is 4.74 Å². The lowest BCUT2D eigenvalue weighted by molar-refractivity contribution is -0.385. The number of nitrogens with one attached hydrogen (secondary N) is 1. The van der Waals surface area contributed by atoms with Gasteiger partial charge in [0.15, 0.2) is 0 Å². The number of rotatable bonds is 7. The summed E-state index contributed by atoms with van der Waals surface area (Å²) in [5.41, 5.74) is 1.86. The molecule has 0 bridgehead atoms. The largest absolute Gasteiger partial charge is 0.381 e. The van der Waals surface area contributed by atoms with E-state index in [4.69, 9.17) is 4.74 Å². The lowest BCUT2D eigenvalue weighted by atomic mass is 9.97. The van der Waals surface area contributed by atoms with Crippen molar-refractivity contribution in [2.24, 2.45) is 0 Å². The van der Waals surface area contributed by atoms with Crippen LogP contribution < -0.4 is 5.32 Å². The molecule has 0 saturated carbocycles. The van der Waals surface area contributed by atoms with Crippen molar-refractivity contribution in [1.82, 2.24) is 5.32 Å². The number of aryl methyl sites for hydroxylation is 1. The van der Waals surface area contributed by atoms with E-state index in [1.807, 2.05) is 23.9 Å². The highest BCUT2D eigenvalue weighted by Gasteiger charge is 2.32. The lowest BCUT2D eigenvalue weighted by Gasteiger charge is -2.37. The summed E-state index contributed by atoms with van der Waals surface area (Å²) in [5, 5.41) is 14.7. The van der Waals surface area contributed by atoms with Crippen LogP contribution in [0.15, 0.2) is 18.2 Å². The first-order valence-corrected chi connectivity index (χ1v) is 9.16. The molecule has 1 atom stereocenters. The second-order valence-electron chi connectivity index (χ2n) is 6.13. The van der Waals surface area contributed by atoms with Gasteiger partial charge in [0, 0.05) is 42.2 Å². The van der Waals surface area contributed by atoms with E-state index in [-0.39, 0.29) is 21.4 Å². The number of nitrogens with zero attached hydrogens (tertiary/aromatic N) is 1. The molecule has 1 fully saturated rings. The SMILES string of the molecule is CCSC1(CNC(C)c2ccc(C)c([N+](=O)[O-])c2)CCOCC1. The maximum Gasteiger partial charge on any atom is 0.272 e. The van der Waals surface area contributed by atoms with E-state index < -0.39 is 0 Å². The number of hydrogen-bond donors (Lipinski definition) is 1. The van der Waals surface area contributed by atoms with Crippen LogP contribution in [0.5, 0.6) is 0 Å². The molecule has 128 valence electrons. The van der Waals surface area contributed by atoms with Crippen LogP contribution in [0, 0.1) is 17.0 Å². The average molecular weight is 338 g/mol. The smallest absolute Gasteiger partial charge is 0.272 e. The molecule has 23 heavy (non-hydrogen) atoms. The van der Waals surface area contributed by atoms with Gasteiger partial charge in [-0.15, -0.1) is 0 Å². The van der Waals surface area contributed by atoms with Gasteiger partial charge in [0.1, 0.15) is 0 Å². The van der Waals surface area contributed by atoms with Gasteiger partial charge < -0.3 is 10.1 Å². The van der Waals surface area contributed by atoms with Gasteiger partial charge in [-0.3, -0.25) is 10.1 Å². The first-order valence-electron chi connectivity index (χ1n) is 8.17. The van der Waals surface area contributed by atoms with Gasteiger partial charge in [-0.05, 0) is 38.0 Å². The van der Waals surface area contributed by atoms with Gasteiger partial charge in [0.05, 0.1) is 4.92 Å². The van der Waals surface area contributed by atoms with Crippen molar-refractivity contribution in [3.8, 4) is 0 Å². The molecule has 0 amide bonds. The first kappa shape index (κ1) is 18.2. The Morgan fingerprint density at radius 2 is 2.13 bits per heavy atom. The summed E-state index contributed by atoms with van der Waals surface area (Å²) in [6.45, 7) is 8.57. The normalized spacial score (nSPS) is 18.6. The Labute approximate surface area is 142 Å². The van der Waals surface area contributed by atoms with Crippen molar-refractivity contribution in [3.63, 3.8) is 0 Å². The quantitative estimate of drug-likeness (QED) is 0.604. The summed E-state index contributed by atoms with van der Waals surface area (Å²) >= 11 is 2.00. The van der Waals surface area contributed by atoms with Gasteiger partial charge in [-0.25, -0.2) is 0 Å². The molecular weight excluding hydrogens is 312 g/mol. The lowest BCUT2D eigenvalue weighted by Crippen LogP contribution is -2.43. The zero-order valence-corrected chi connectivity index (χ0v) is 14.9. The Kier molecular flexibility index (Phi) is 6.44. The van der Waals surface area contributed by atoms with Crippen LogP contribution >= 0.6 is 11.8 Å². The first-order chi connectivity index (χ1) is 11.0. The van der Waals surface area contributed by atoms with Crippen LogP contribution in [-0.4, -0.2) is 35.2 Å². The standard InChI is InChI=1S/C17H26N2O3S/c1-4-23-17(7-9-22-10-8-17)12-18-14(3)15-6-5-13(2)16(11-15)19(20)21/h5-6,11,14,18H,4,7-10,12H2,1-3H3. The van der Waals surface area contributed by atoms with Gasteiger partial charge in [0.2, 0.25) is 0 Å². The molecule has 1 aromatic carbocycles. The fraction of sp³-hybridized carbons (Fsp3) is 0.647.